The molecular formula is C9H13N3. The molecule has 0 saturated heterocycles. The number of aryl methyl sites for hydroxylation is 2. The first-order chi connectivity index (χ1) is 5.77. The van der Waals surface area contributed by atoms with Gasteiger partial charge in [-0.3, -0.25) is 0 Å². The van der Waals surface area contributed by atoms with E-state index in [1.54, 1.807) is 0 Å². The van der Waals surface area contributed by atoms with E-state index in [1.165, 1.54) is 24.1 Å². The lowest BCUT2D eigenvalue weighted by Gasteiger charge is -2.15. The monoisotopic (exact) mass is 163 g/mol. The Bertz CT molecular complexity index is 307. The van der Waals surface area contributed by atoms with Crippen LogP contribution in [0.15, 0.2) is 0 Å². The van der Waals surface area contributed by atoms with Gasteiger partial charge < -0.3 is 5.73 Å². The van der Waals surface area contributed by atoms with E-state index in [1.807, 2.05) is 6.92 Å². The Morgan fingerprint density at radius 3 is 2.75 bits per heavy atom. The fourth-order valence-electron chi connectivity index (χ4n) is 1.75. The number of rotatable bonds is 0. The smallest absolute Gasteiger partial charge is 0.130 e. The molecule has 64 valence electrons. The number of aromatic nitrogens is 2. The number of hydrogen-bond acceptors (Lipinski definition) is 3. The van der Waals surface area contributed by atoms with Gasteiger partial charge in [0, 0.05) is 11.3 Å². The maximum Gasteiger partial charge on any atom is 0.130 e. The quantitative estimate of drug-likeness (QED) is 0.626. The van der Waals surface area contributed by atoms with E-state index in [2.05, 4.69) is 9.97 Å². The summed E-state index contributed by atoms with van der Waals surface area (Å²) in [6.45, 7) is 1.89. The SMILES string of the molecule is Cc1nc(N)c2c(n1)CCCC2. The van der Waals surface area contributed by atoms with Crippen molar-refractivity contribution in [2.24, 2.45) is 0 Å². The third-order valence-electron chi connectivity index (χ3n) is 2.33. The minimum Gasteiger partial charge on any atom is -0.383 e. The highest BCUT2D eigenvalue weighted by atomic mass is 14.9. The molecule has 0 bridgehead atoms. The van der Waals surface area contributed by atoms with Crippen LogP contribution in [0.5, 0.6) is 0 Å². The zero-order valence-corrected chi connectivity index (χ0v) is 7.30. The summed E-state index contributed by atoms with van der Waals surface area (Å²) >= 11 is 0. The van der Waals surface area contributed by atoms with E-state index in [9.17, 15) is 0 Å². The van der Waals surface area contributed by atoms with Crippen molar-refractivity contribution in [3.8, 4) is 0 Å². The number of hydrogen-bond donors (Lipinski definition) is 1. The molecule has 0 unspecified atom stereocenters. The van der Waals surface area contributed by atoms with Crippen LogP contribution in [0.4, 0.5) is 5.82 Å². The molecule has 0 saturated carbocycles. The fourth-order valence-corrected chi connectivity index (χ4v) is 1.75. The van der Waals surface area contributed by atoms with Crippen LogP contribution < -0.4 is 5.73 Å². The Hall–Kier alpha value is -1.12. The van der Waals surface area contributed by atoms with Crippen molar-refractivity contribution >= 4 is 5.82 Å². The first-order valence-electron chi connectivity index (χ1n) is 4.39. The molecule has 1 aliphatic rings. The average Bonchev–Trinajstić information content (AvgIpc) is 2.04. The lowest BCUT2D eigenvalue weighted by molar-refractivity contribution is 0.661. The average molecular weight is 163 g/mol. The van der Waals surface area contributed by atoms with Gasteiger partial charge in [-0.2, -0.15) is 0 Å². The number of nitrogens with two attached hydrogens (primary N) is 1. The largest absolute Gasteiger partial charge is 0.383 e. The van der Waals surface area contributed by atoms with E-state index in [0.29, 0.717) is 5.82 Å². The van der Waals surface area contributed by atoms with Crippen LogP contribution in [0.3, 0.4) is 0 Å². The molecule has 0 aliphatic heterocycles. The summed E-state index contributed by atoms with van der Waals surface area (Å²) in [6.07, 6.45) is 4.59. The van der Waals surface area contributed by atoms with Crippen LogP contribution in [-0.4, -0.2) is 9.97 Å². The van der Waals surface area contributed by atoms with Gasteiger partial charge in [0.15, 0.2) is 0 Å². The van der Waals surface area contributed by atoms with Gasteiger partial charge in [0.1, 0.15) is 11.6 Å². The number of nitrogen functional groups attached to an aromatic ring is 1. The van der Waals surface area contributed by atoms with Gasteiger partial charge in [-0.05, 0) is 32.6 Å². The van der Waals surface area contributed by atoms with E-state index in [4.69, 9.17) is 5.73 Å². The molecule has 1 aliphatic carbocycles. The zero-order chi connectivity index (χ0) is 8.55. The van der Waals surface area contributed by atoms with Crippen LogP contribution in [0.1, 0.15) is 29.9 Å². The molecule has 0 amide bonds. The molecule has 0 atom stereocenters. The Kier molecular flexibility index (Phi) is 1.71. The molecule has 1 aromatic heterocycles. The summed E-state index contributed by atoms with van der Waals surface area (Å²) in [6, 6.07) is 0. The normalized spacial score (nSPS) is 15.8. The van der Waals surface area contributed by atoms with Crippen molar-refractivity contribution in [2.45, 2.75) is 32.6 Å². The number of fused-ring (bicyclic) bond motifs is 1. The second-order valence-electron chi connectivity index (χ2n) is 3.29. The summed E-state index contributed by atoms with van der Waals surface area (Å²) in [5, 5.41) is 0. The Morgan fingerprint density at radius 1 is 1.17 bits per heavy atom. The van der Waals surface area contributed by atoms with E-state index >= 15 is 0 Å². The molecule has 2 N–H and O–H groups in total. The summed E-state index contributed by atoms with van der Waals surface area (Å²) in [4.78, 5) is 8.54. The fraction of sp³-hybridized carbons (Fsp3) is 0.556. The zero-order valence-electron chi connectivity index (χ0n) is 7.30. The predicted molar refractivity (Wildman–Crippen MR) is 47.8 cm³/mol. The first-order valence-corrected chi connectivity index (χ1v) is 4.39. The lowest BCUT2D eigenvalue weighted by atomic mass is 9.96. The molecule has 3 nitrogen and oxygen atoms in total. The molecule has 0 spiro atoms. The van der Waals surface area contributed by atoms with Gasteiger partial charge in [0.2, 0.25) is 0 Å². The molecule has 2 rings (SSSR count). The van der Waals surface area contributed by atoms with Gasteiger partial charge in [-0.1, -0.05) is 0 Å². The highest BCUT2D eigenvalue weighted by molar-refractivity contribution is 5.43. The van der Waals surface area contributed by atoms with E-state index in [0.717, 1.165) is 18.7 Å². The molecule has 1 heterocycles. The van der Waals surface area contributed by atoms with Gasteiger partial charge >= 0.3 is 0 Å². The maximum atomic E-state index is 5.79. The molecule has 0 fully saturated rings. The topological polar surface area (TPSA) is 51.8 Å². The highest BCUT2D eigenvalue weighted by Crippen LogP contribution is 2.22. The third kappa shape index (κ3) is 1.15. The van der Waals surface area contributed by atoms with Crippen LogP contribution in [0, 0.1) is 6.92 Å². The van der Waals surface area contributed by atoms with Crippen molar-refractivity contribution in [3.05, 3.63) is 17.1 Å². The van der Waals surface area contributed by atoms with Crippen LogP contribution in [0.2, 0.25) is 0 Å². The van der Waals surface area contributed by atoms with Gasteiger partial charge in [0.25, 0.3) is 0 Å². The second-order valence-corrected chi connectivity index (χ2v) is 3.29. The summed E-state index contributed by atoms with van der Waals surface area (Å²) in [5.41, 5.74) is 8.15. The minimum absolute atomic E-state index is 0.692. The number of nitrogens with zero attached hydrogens (tertiary/aromatic N) is 2. The summed E-state index contributed by atoms with van der Waals surface area (Å²) in [5.74, 6) is 1.49. The van der Waals surface area contributed by atoms with Crippen molar-refractivity contribution in [1.82, 2.24) is 9.97 Å². The van der Waals surface area contributed by atoms with Gasteiger partial charge in [-0.15, -0.1) is 0 Å². The van der Waals surface area contributed by atoms with Gasteiger partial charge in [-0.25, -0.2) is 9.97 Å². The van der Waals surface area contributed by atoms with Crippen molar-refractivity contribution in [3.63, 3.8) is 0 Å². The third-order valence-corrected chi connectivity index (χ3v) is 2.33. The Labute approximate surface area is 72.0 Å². The summed E-state index contributed by atoms with van der Waals surface area (Å²) in [7, 11) is 0. The highest BCUT2D eigenvalue weighted by Gasteiger charge is 2.14. The molecule has 1 aromatic rings. The van der Waals surface area contributed by atoms with Gasteiger partial charge in [0.05, 0.1) is 0 Å². The van der Waals surface area contributed by atoms with Crippen LogP contribution >= 0.6 is 0 Å². The van der Waals surface area contributed by atoms with Crippen molar-refractivity contribution in [1.29, 1.82) is 0 Å². The van der Waals surface area contributed by atoms with E-state index in [-0.39, 0.29) is 0 Å². The van der Waals surface area contributed by atoms with E-state index < -0.39 is 0 Å². The minimum atomic E-state index is 0.692. The summed E-state index contributed by atoms with van der Waals surface area (Å²) < 4.78 is 0. The standard InChI is InChI=1S/C9H13N3/c1-6-11-8-5-3-2-4-7(8)9(10)12-6/h2-5H2,1H3,(H2,10,11,12). The molecule has 3 heteroatoms. The Balaban J connectivity index is 2.53. The number of anilines is 1. The van der Waals surface area contributed by atoms with Crippen molar-refractivity contribution < 1.29 is 0 Å². The Morgan fingerprint density at radius 2 is 1.92 bits per heavy atom. The first kappa shape index (κ1) is 7.53. The van der Waals surface area contributed by atoms with Crippen molar-refractivity contribution in [2.75, 3.05) is 5.73 Å². The maximum absolute atomic E-state index is 5.79. The molecular weight excluding hydrogens is 150 g/mol. The molecule has 12 heavy (non-hydrogen) atoms. The van der Waals surface area contributed by atoms with Crippen LogP contribution in [0.25, 0.3) is 0 Å². The molecule has 0 aromatic carbocycles. The van der Waals surface area contributed by atoms with Crippen LogP contribution in [-0.2, 0) is 12.8 Å². The second kappa shape index (κ2) is 2.73. The predicted octanol–water partition coefficient (Wildman–Crippen LogP) is 1.25. The lowest BCUT2D eigenvalue weighted by Crippen LogP contribution is -2.11. The molecule has 0 radical (unpaired) electrons.